The van der Waals surface area contributed by atoms with E-state index in [0.717, 1.165) is 23.8 Å². The molecule has 0 radical (unpaired) electrons. The fourth-order valence-electron chi connectivity index (χ4n) is 4.61. The van der Waals surface area contributed by atoms with Crippen LogP contribution in [0.25, 0.3) is 0 Å². The summed E-state index contributed by atoms with van der Waals surface area (Å²) in [6, 6.07) is 8.35. The van der Waals surface area contributed by atoms with Crippen LogP contribution < -0.4 is 9.64 Å². The van der Waals surface area contributed by atoms with E-state index in [1.165, 1.54) is 48.2 Å². The summed E-state index contributed by atoms with van der Waals surface area (Å²) < 4.78 is 4.99. The van der Waals surface area contributed by atoms with Crippen LogP contribution in [0.15, 0.2) is 42.5 Å². The minimum Gasteiger partial charge on any atom is -0.427 e. The molecule has 1 aliphatic heterocycles. The molecule has 0 aromatic heterocycles. The lowest BCUT2D eigenvalue weighted by Crippen LogP contribution is -2.50. The van der Waals surface area contributed by atoms with Crippen molar-refractivity contribution in [2.24, 2.45) is 0 Å². The van der Waals surface area contributed by atoms with E-state index in [0.29, 0.717) is 18.5 Å². The first-order valence-corrected chi connectivity index (χ1v) is 11.5. The topological polar surface area (TPSA) is 127 Å². The van der Waals surface area contributed by atoms with Gasteiger partial charge < -0.3 is 9.64 Å². The highest BCUT2D eigenvalue weighted by atomic mass is 35.5. The molecular formula is C24H22ClN3O7. The van der Waals surface area contributed by atoms with Crippen molar-refractivity contribution >= 4 is 46.7 Å². The number of hydrogen-bond donors (Lipinski definition) is 0. The summed E-state index contributed by atoms with van der Waals surface area (Å²) >= 11 is 5.90. The first kappa shape index (κ1) is 24.3. The number of hydrogen-bond acceptors (Lipinski definition) is 7. The Hall–Kier alpha value is -3.79. The van der Waals surface area contributed by atoms with E-state index in [1.807, 2.05) is 0 Å². The molecule has 2 fully saturated rings. The Labute approximate surface area is 205 Å². The van der Waals surface area contributed by atoms with Crippen LogP contribution in [0.2, 0.25) is 5.02 Å². The number of carbonyl (C=O) groups is 4. The van der Waals surface area contributed by atoms with Crippen molar-refractivity contribution < 1.29 is 28.8 Å². The minimum atomic E-state index is -1.04. The molecular weight excluding hydrogens is 478 g/mol. The van der Waals surface area contributed by atoms with Crippen LogP contribution >= 0.6 is 11.6 Å². The first-order valence-electron chi connectivity index (χ1n) is 11.1. The van der Waals surface area contributed by atoms with Gasteiger partial charge in [-0.25, -0.2) is 4.90 Å². The maximum absolute atomic E-state index is 13.6. The largest absolute Gasteiger partial charge is 0.427 e. The van der Waals surface area contributed by atoms with Gasteiger partial charge in [0.25, 0.3) is 17.5 Å². The number of rotatable bonds is 6. The number of nitro benzene ring substituents is 1. The Morgan fingerprint density at radius 2 is 1.77 bits per heavy atom. The van der Waals surface area contributed by atoms with Crippen molar-refractivity contribution in [3.05, 3.63) is 63.2 Å². The molecule has 182 valence electrons. The second-order valence-corrected chi connectivity index (χ2v) is 8.86. The summed E-state index contributed by atoms with van der Waals surface area (Å²) in [7, 11) is 0. The highest BCUT2D eigenvalue weighted by molar-refractivity contribution is 6.32. The number of esters is 1. The maximum Gasteiger partial charge on any atom is 0.308 e. The average Bonchev–Trinajstić information content (AvgIpc) is 3.43. The van der Waals surface area contributed by atoms with Crippen molar-refractivity contribution in [2.45, 2.75) is 51.1 Å². The lowest BCUT2D eigenvalue weighted by molar-refractivity contribution is -0.384. The molecule has 2 aromatic rings. The number of imide groups is 1. The fraction of sp³-hybridized carbons (Fsp3) is 0.333. The van der Waals surface area contributed by atoms with Gasteiger partial charge in [-0.05, 0) is 49.2 Å². The van der Waals surface area contributed by atoms with Gasteiger partial charge in [-0.2, -0.15) is 0 Å². The SMILES string of the molecule is CC(=O)Oc1ccc(N2C(=O)CC(N(C(=O)c3ccc(Cl)c([N+](=O)[O-])c3)C3CCCC3)C2=O)cc1. The lowest BCUT2D eigenvalue weighted by atomic mass is 10.1. The van der Waals surface area contributed by atoms with E-state index in [4.69, 9.17) is 16.3 Å². The van der Waals surface area contributed by atoms with Crippen LogP contribution in [0, 0.1) is 10.1 Å². The summed E-state index contributed by atoms with van der Waals surface area (Å²) in [6.45, 7) is 1.26. The van der Waals surface area contributed by atoms with Crippen LogP contribution in [0.3, 0.4) is 0 Å². The Kier molecular flexibility index (Phi) is 6.83. The number of ether oxygens (including phenoxy) is 1. The average molecular weight is 500 g/mol. The number of halogens is 1. The van der Waals surface area contributed by atoms with Gasteiger partial charge >= 0.3 is 5.97 Å². The molecule has 10 nitrogen and oxygen atoms in total. The molecule has 1 heterocycles. The third kappa shape index (κ3) is 4.88. The van der Waals surface area contributed by atoms with Gasteiger partial charge in [0.1, 0.15) is 16.8 Å². The molecule has 1 saturated heterocycles. The van der Waals surface area contributed by atoms with Gasteiger partial charge in [0, 0.05) is 24.6 Å². The summed E-state index contributed by atoms with van der Waals surface area (Å²) in [5, 5.41) is 11.2. The van der Waals surface area contributed by atoms with Crippen molar-refractivity contribution in [2.75, 3.05) is 4.90 Å². The zero-order valence-electron chi connectivity index (χ0n) is 18.8. The summed E-state index contributed by atoms with van der Waals surface area (Å²) in [6.07, 6.45) is 2.85. The quantitative estimate of drug-likeness (QED) is 0.194. The van der Waals surface area contributed by atoms with Crippen molar-refractivity contribution in [1.82, 2.24) is 4.90 Å². The van der Waals surface area contributed by atoms with Gasteiger partial charge in [-0.15, -0.1) is 0 Å². The zero-order valence-corrected chi connectivity index (χ0v) is 19.6. The second-order valence-electron chi connectivity index (χ2n) is 8.45. The number of carbonyl (C=O) groups excluding carboxylic acids is 4. The molecule has 2 aliphatic rings. The molecule has 2 aromatic carbocycles. The van der Waals surface area contributed by atoms with Crippen LogP contribution in [0.4, 0.5) is 11.4 Å². The van der Waals surface area contributed by atoms with Crippen LogP contribution in [0.5, 0.6) is 5.75 Å². The third-order valence-corrected chi connectivity index (χ3v) is 6.48. The number of nitro groups is 1. The molecule has 0 spiro atoms. The van der Waals surface area contributed by atoms with Gasteiger partial charge in [-0.3, -0.25) is 29.3 Å². The van der Waals surface area contributed by atoms with E-state index < -0.39 is 40.3 Å². The summed E-state index contributed by atoms with van der Waals surface area (Å²) in [5.41, 5.74) is -0.0935. The maximum atomic E-state index is 13.6. The predicted molar refractivity (Wildman–Crippen MR) is 125 cm³/mol. The Bertz CT molecular complexity index is 1210. The van der Waals surface area contributed by atoms with Crippen molar-refractivity contribution in [3.8, 4) is 5.75 Å². The second kappa shape index (κ2) is 9.83. The van der Waals surface area contributed by atoms with E-state index in [-0.39, 0.29) is 28.8 Å². The molecule has 1 unspecified atom stereocenters. The summed E-state index contributed by atoms with van der Waals surface area (Å²) in [4.78, 5) is 64.1. The van der Waals surface area contributed by atoms with Crippen molar-refractivity contribution in [1.29, 1.82) is 0 Å². The smallest absolute Gasteiger partial charge is 0.308 e. The standard InChI is InChI=1S/C24H22ClN3O7/c1-14(29)35-18-9-7-17(8-10-18)27-22(30)13-21(24(27)32)26(16-4-2-3-5-16)23(31)15-6-11-19(25)20(12-15)28(33)34/h6-12,16,21H,2-5,13H2,1H3. The van der Waals surface area contributed by atoms with Gasteiger partial charge in [0.05, 0.1) is 17.0 Å². The van der Waals surface area contributed by atoms with E-state index >= 15 is 0 Å². The van der Waals surface area contributed by atoms with Gasteiger partial charge in [0.2, 0.25) is 5.91 Å². The monoisotopic (exact) mass is 499 g/mol. The molecule has 11 heteroatoms. The number of amides is 3. The predicted octanol–water partition coefficient (Wildman–Crippen LogP) is 3.89. The zero-order chi connectivity index (χ0) is 25.3. The number of benzene rings is 2. The number of nitrogens with zero attached hydrogens (tertiary/aromatic N) is 3. The summed E-state index contributed by atoms with van der Waals surface area (Å²) in [5.74, 6) is -1.82. The Balaban J connectivity index is 1.65. The highest BCUT2D eigenvalue weighted by Crippen LogP contribution is 2.34. The van der Waals surface area contributed by atoms with Crippen molar-refractivity contribution in [3.63, 3.8) is 0 Å². The molecule has 4 rings (SSSR count). The molecule has 35 heavy (non-hydrogen) atoms. The normalized spacial score (nSPS) is 18.1. The third-order valence-electron chi connectivity index (χ3n) is 6.16. The molecule has 1 aliphatic carbocycles. The van der Waals surface area contributed by atoms with E-state index in [2.05, 4.69) is 0 Å². The van der Waals surface area contributed by atoms with Gasteiger partial charge in [0.15, 0.2) is 0 Å². The number of anilines is 1. The van der Waals surface area contributed by atoms with Crippen LogP contribution in [0.1, 0.15) is 49.4 Å². The molecule has 0 bridgehead atoms. The van der Waals surface area contributed by atoms with E-state index in [1.54, 1.807) is 0 Å². The van der Waals surface area contributed by atoms with Crippen LogP contribution in [-0.2, 0) is 14.4 Å². The Morgan fingerprint density at radius 1 is 1.11 bits per heavy atom. The molecule has 1 atom stereocenters. The molecule has 3 amide bonds. The van der Waals surface area contributed by atoms with E-state index in [9.17, 15) is 29.3 Å². The highest BCUT2D eigenvalue weighted by Gasteiger charge is 2.47. The van der Waals surface area contributed by atoms with Crippen LogP contribution in [-0.4, -0.2) is 45.6 Å². The Morgan fingerprint density at radius 3 is 2.37 bits per heavy atom. The first-order chi connectivity index (χ1) is 16.7. The molecule has 1 saturated carbocycles. The van der Waals surface area contributed by atoms with Gasteiger partial charge in [-0.1, -0.05) is 24.4 Å². The minimum absolute atomic E-state index is 0.0254. The fourth-order valence-corrected chi connectivity index (χ4v) is 4.80. The lowest BCUT2D eigenvalue weighted by Gasteiger charge is -2.33. The molecule has 0 N–H and O–H groups in total.